The SMILES string of the molecule is O=C1N=COC1CCCO. The minimum absolute atomic E-state index is 0.0904. The maximum absolute atomic E-state index is 10.7. The Balaban J connectivity index is 2.24. The van der Waals surface area contributed by atoms with Gasteiger partial charge in [-0.1, -0.05) is 0 Å². The summed E-state index contributed by atoms with van der Waals surface area (Å²) < 4.78 is 4.81. The molecule has 1 N–H and O–H groups in total. The van der Waals surface area contributed by atoms with Gasteiger partial charge in [-0.05, 0) is 12.8 Å². The summed E-state index contributed by atoms with van der Waals surface area (Å²) in [6.45, 7) is 0.0904. The summed E-state index contributed by atoms with van der Waals surface area (Å²) in [5, 5.41) is 8.41. The predicted octanol–water partition coefficient (Wildman–Crippen LogP) is -0.287. The van der Waals surface area contributed by atoms with E-state index < -0.39 is 6.10 Å². The number of nitrogens with zero attached hydrogens (tertiary/aromatic N) is 1. The highest BCUT2D eigenvalue weighted by atomic mass is 16.5. The van der Waals surface area contributed by atoms with Gasteiger partial charge < -0.3 is 9.84 Å². The van der Waals surface area contributed by atoms with E-state index in [1.54, 1.807) is 0 Å². The fourth-order valence-corrected chi connectivity index (χ4v) is 0.765. The Morgan fingerprint density at radius 1 is 1.80 bits per heavy atom. The molecule has 0 aliphatic carbocycles. The van der Waals surface area contributed by atoms with E-state index >= 15 is 0 Å². The van der Waals surface area contributed by atoms with Crippen molar-refractivity contribution in [1.29, 1.82) is 0 Å². The van der Waals surface area contributed by atoms with Crippen LogP contribution in [0.15, 0.2) is 4.99 Å². The molecule has 0 saturated heterocycles. The van der Waals surface area contributed by atoms with E-state index in [1.807, 2.05) is 0 Å². The first-order chi connectivity index (χ1) is 4.84. The Morgan fingerprint density at radius 3 is 3.10 bits per heavy atom. The number of carbonyl (C=O) groups excluding carboxylic acids is 1. The zero-order valence-corrected chi connectivity index (χ0v) is 5.49. The standard InChI is InChI=1S/C6H9NO3/c8-3-1-2-5-6(9)7-4-10-5/h4-5,8H,1-3H2. The highest BCUT2D eigenvalue weighted by Crippen LogP contribution is 2.07. The van der Waals surface area contributed by atoms with E-state index in [0.717, 1.165) is 6.40 Å². The second-order valence-electron chi connectivity index (χ2n) is 2.06. The Labute approximate surface area is 58.5 Å². The molecule has 1 aliphatic rings. The summed E-state index contributed by atoms with van der Waals surface area (Å²) in [6.07, 6.45) is 1.85. The van der Waals surface area contributed by atoms with Crippen molar-refractivity contribution in [1.82, 2.24) is 0 Å². The molecular weight excluding hydrogens is 134 g/mol. The summed E-state index contributed by atoms with van der Waals surface area (Å²) in [5.41, 5.74) is 0. The molecule has 0 spiro atoms. The molecule has 0 fully saturated rings. The number of aliphatic hydroxyl groups excluding tert-OH is 1. The Kier molecular flexibility index (Phi) is 2.39. The third-order valence-corrected chi connectivity index (χ3v) is 1.30. The van der Waals surface area contributed by atoms with Gasteiger partial charge in [0.15, 0.2) is 12.5 Å². The monoisotopic (exact) mass is 143 g/mol. The zero-order chi connectivity index (χ0) is 7.40. The van der Waals surface area contributed by atoms with Gasteiger partial charge in [0.1, 0.15) is 0 Å². The molecule has 0 aromatic rings. The van der Waals surface area contributed by atoms with Gasteiger partial charge in [0.2, 0.25) is 0 Å². The Bertz CT molecular complexity index is 155. The van der Waals surface area contributed by atoms with Gasteiger partial charge >= 0.3 is 0 Å². The molecule has 56 valence electrons. The average Bonchev–Trinajstić information content (AvgIpc) is 2.31. The van der Waals surface area contributed by atoms with E-state index in [4.69, 9.17) is 9.84 Å². The molecular formula is C6H9NO3. The number of ether oxygens (including phenoxy) is 1. The largest absolute Gasteiger partial charge is 0.470 e. The third kappa shape index (κ3) is 1.54. The van der Waals surface area contributed by atoms with Crippen molar-refractivity contribution in [2.75, 3.05) is 6.61 Å². The maximum Gasteiger partial charge on any atom is 0.289 e. The zero-order valence-electron chi connectivity index (χ0n) is 5.49. The van der Waals surface area contributed by atoms with Crippen molar-refractivity contribution in [2.24, 2.45) is 4.99 Å². The fourth-order valence-electron chi connectivity index (χ4n) is 0.765. The molecule has 0 bridgehead atoms. The van der Waals surface area contributed by atoms with Crippen molar-refractivity contribution in [2.45, 2.75) is 18.9 Å². The van der Waals surface area contributed by atoms with Crippen molar-refractivity contribution in [3.63, 3.8) is 0 Å². The first kappa shape index (κ1) is 7.21. The third-order valence-electron chi connectivity index (χ3n) is 1.30. The molecule has 1 amide bonds. The topological polar surface area (TPSA) is 58.9 Å². The van der Waals surface area contributed by atoms with Crippen LogP contribution in [0.2, 0.25) is 0 Å². The molecule has 0 aromatic carbocycles. The number of aliphatic imine (C=N–C) groups is 1. The lowest BCUT2D eigenvalue weighted by Gasteiger charge is -2.03. The summed E-state index contributed by atoms with van der Waals surface area (Å²) in [7, 11) is 0. The van der Waals surface area contributed by atoms with E-state index in [-0.39, 0.29) is 12.5 Å². The molecule has 1 rings (SSSR count). The van der Waals surface area contributed by atoms with E-state index in [9.17, 15) is 4.79 Å². The minimum Gasteiger partial charge on any atom is -0.470 e. The van der Waals surface area contributed by atoms with E-state index in [0.29, 0.717) is 12.8 Å². The Hall–Kier alpha value is -0.900. The van der Waals surface area contributed by atoms with Crippen LogP contribution in [0.1, 0.15) is 12.8 Å². The number of aliphatic hydroxyl groups is 1. The van der Waals surface area contributed by atoms with Crippen LogP contribution in [0.25, 0.3) is 0 Å². The van der Waals surface area contributed by atoms with Crippen molar-refractivity contribution >= 4 is 12.3 Å². The molecule has 1 heterocycles. The number of amides is 1. The minimum atomic E-state index is -0.438. The van der Waals surface area contributed by atoms with Crippen molar-refractivity contribution in [3.05, 3.63) is 0 Å². The first-order valence-electron chi connectivity index (χ1n) is 3.17. The number of hydrogen-bond acceptors (Lipinski definition) is 3. The van der Waals surface area contributed by atoms with Gasteiger partial charge in [0.25, 0.3) is 5.91 Å². The molecule has 1 atom stereocenters. The molecule has 0 radical (unpaired) electrons. The smallest absolute Gasteiger partial charge is 0.289 e. The van der Waals surface area contributed by atoms with Crippen LogP contribution in [0.3, 0.4) is 0 Å². The van der Waals surface area contributed by atoms with E-state index in [2.05, 4.69) is 4.99 Å². The molecule has 4 heteroatoms. The molecule has 1 aliphatic heterocycles. The molecule has 0 aromatic heterocycles. The molecule has 4 nitrogen and oxygen atoms in total. The first-order valence-corrected chi connectivity index (χ1v) is 3.17. The lowest BCUT2D eigenvalue weighted by atomic mass is 10.2. The number of carbonyl (C=O) groups is 1. The van der Waals surface area contributed by atoms with Crippen molar-refractivity contribution < 1.29 is 14.6 Å². The number of hydrogen-bond donors (Lipinski definition) is 1. The number of rotatable bonds is 3. The quantitative estimate of drug-likeness (QED) is 0.590. The normalized spacial score (nSPS) is 23.3. The second kappa shape index (κ2) is 3.31. The van der Waals surface area contributed by atoms with Gasteiger partial charge in [0, 0.05) is 6.61 Å². The van der Waals surface area contributed by atoms with Crippen LogP contribution in [-0.4, -0.2) is 30.1 Å². The fraction of sp³-hybridized carbons (Fsp3) is 0.667. The summed E-state index contributed by atoms with van der Waals surface area (Å²) in [5.74, 6) is -0.242. The van der Waals surface area contributed by atoms with Gasteiger partial charge in [0.05, 0.1) is 0 Å². The van der Waals surface area contributed by atoms with Crippen LogP contribution >= 0.6 is 0 Å². The van der Waals surface area contributed by atoms with Crippen LogP contribution in [0.4, 0.5) is 0 Å². The summed E-state index contributed by atoms with van der Waals surface area (Å²) in [6, 6.07) is 0. The molecule has 0 saturated carbocycles. The lowest BCUT2D eigenvalue weighted by Crippen LogP contribution is -2.16. The highest BCUT2D eigenvalue weighted by molar-refractivity contribution is 5.91. The summed E-state index contributed by atoms with van der Waals surface area (Å²) >= 11 is 0. The van der Waals surface area contributed by atoms with Crippen LogP contribution in [-0.2, 0) is 9.53 Å². The Morgan fingerprint density at radius 2 is 2.60 bits per heavy atom. The second-order valence-corrected chi connectivity index (χ2v) is 2.06. The van der Waals surface area contributed by atoms with Crippen LogP contribution in [0, 0.1) is 0 Å². The van der Waals surface area contributed by atoms with Crippen molar-refractivity contribution in [3.8, 4) is 0 Å². The lowest BCUT2D eigenvalue weighted by molar-refractivity contribution is -0.122. The van der Waals surface area contributed by atoms with Gasteiger partial charge in [-0.25, -0.2) is 0 Å². The molecule has 1 unspecified atom stereocenters. The van der Waals surface area contributed by atoms with Crippen LogP contribution in [0.5, 0.6) is 0 Å². The summed E-state index contributed by atoms with van der Waals surface area (Å²) in [4.78, 5) is 14.1. The van der Waals surface area contributed by atoms with Crippen LogP contribution < -0.4 is 0 Å². The predicted molar refractivity (Wildman–Crippen MR) is 34.7 cm³/mol. The molecule has 10 heavy (non-hydrogen) atoms. The highest BCUT2D eigenvalue weighted by Gasteiger charge is 2.21. The van der Waals surface area contributed by atoms with Gasteiger partial charge in [-0.3, -0.25) is 4.79 Å². The van der Waals surface area contributed by atoms with Gasteiger partial charge in [-0.15, -0.1) is 0 Å². The van der Waals surface area contributed by atoms with Gasteiger partial charge in [-0.2, -0.15) is 4.99 Å². The average molecular weight is 143 g/mol. The maximum atomic E-state index is 10.7. The van der Waals surface area contributed by atoms with E-state index in [1.165, 1.54) is 0 Å².